The second-order valence-electron chi connectivity index (χ2n) is 7.65. The van der Waals surface area contributed by atoms with E-state index in [9.17, 15) is 5.11 Å². The van der Waals surface area contributed by atoms with Crippen molar-refractivity contribution in [3.63, 3.8) is 0 Å². The number of fused-ring (bicyclic) bond motifs is 1. The smallest absolute Gasteiger partial charge is 0.159 e. The zero-order valence-corrected chi connectivity index (χ0v) is 15.9. The molecule has 1 atom stereocenters. The lowest BCUT2D eigenvalue weighted by Crippen LogP contribution is -2.21. The van der Waals surface area contributed by atoms with Gasteiger partial charge in [0.15, 0.2) is 5.76 Å². The molecule has 1 fully saturated rings. The quantitative estimate of drug-likeness (QED) is 0.874. The Balaban J connectivity index is 1.78. The lowest BCUT2D eigenvalue weighted by atomic mass is 9.99. The van der Waals surface area contributed by atoms with Crippen LogP contribution in [0.3, 0.4) is 0 Å². The maximum Gasteiger partial charge on any atom is 0.159 e. The molecule has 1 saturated carbocycles. The Morgan fingerprint density at radius 1 is 1.30 bits per heavy atom. The summed E-state index contributed by atoms with van der Waals surface area (Å²) >= 11 is 0. The molecular weight excluding hydrogens is 338 g/mol. The van der Waals surface area contributed by atoms with Crippen molar-refractivity contribution in [2.45, 2.75) is 39.2 Å². The number of aliphatic hydroxyl groups is 1. The molecule has 0 amide bonds. The van der Waals surface area contributed by atoms with Gasteiger partial charge in [0.1, 0.15) is 17.6 Å². The molecule has 2 aromatic rings. The predicted octanol–water partition coefficient (Wildman–Crippen LogP) is 4.43. The third-order valence-electron chi connectivity index (χ3n) is 4.90. The normalized spacial score (nSPS) is 16.9. The molecule has 1 aliphatic carbocycles. The highest BCUT2D eigenvalue weighted by Crippen LogP contribution is 2.43. The number of nitrogens with zero attached hydrogens (tertiary/aromatic N) is 3. The second kappa shape index (κ2) is 6.71. The first-order valence-corrected chi connectivity index (χ1v) is 9.33. The van der Waals surface area contributed by atoms with Crippen molar-refractivity contribution in [2.24, 2.45) is 11.0 Å². The highest BCUT2D eigenvalue weighted by molar-refractivity contribution is 6.04. The van der Waals surface area contributed by atoms with Gasteiger partial charge in [0.05, 0.1) is 17.3 Å². The minimum absolute atomic E-state index is 0.450. The molecule has 2 aliphatic rings. The molecule has 27 heavy (non-hydrogen) atoms. The van der Waals surface area contributed by atoms with E-state index in [0.29, 0.717) is 22.8 Å². The van der Waals surface area contributed by atoms with Crippen LogP contribution in [0.15, 0.2) is 45.4 Å². The lowest BCUT2D eigenvalue weighted by molar-refractivity contribution is 0.188. The zero-order chi connectivity index (χ0) is 19.1. The summed E-state index contributed by atoms with van der Waals surface area (Å²) in [6, 6.07) is 11.1. The van der Waals surface area contributed by atoms with Crippen LogP contribution < -0.4 is 0 Å². The monoisotopic (exact) mass is 361 g/mol. The van der Waals surface area contributed by atoms with Gasteiger partial charge in [-0.1, -0.05) is 26.0 Å². The van der Waals surface area contributed by atoms with Gasteiger partial charge in [0, 0.05) is 12.6 Å². The Labute approximate surface area is 159 Å². The molecular formula is C22H23N3O2. The van der Waals surface area contributed by atoms with Crippen molar-refractivity contribution in [2.75, 3.05) is 7.05 Å². The van der Waals surface area contributed by atoms with Gasteiger partial charge in [-0.05, 0) is 54.5 Å². The molecule has 1 aromatic carbocycles. The first-order valence-electron chi connectivity index (χ1n) is 9.33. The third-order valence-corrected chi connectivity index (χ3v) is 4.90. The number of hydrogen-bond donors (Lipinski definition) is 1. The minimum atomic E-state index is -0.917. The average Bonchev–Trinajstić information content (AvgIpc) is 3.37. The van der Waals surface area contributed by atoms with E-state index in [-0.39, 0.29) is 0 Å². The number of aliphatic hydroxyl groups excluding tert-OH is 1. The molecule has 1 aromatic heterocycles. The van der Waals surface area contributed by atoms with Crippen molar-refractivity contribution >= 4 is 11.4 Å². The van der Waals surface area contributed by atoms with Crippen LogP contribution in [0, 0.1) is 17.2 Å². The van der Waals surface area contributed by atoms with Gasteiger partial charge >= 0.3 is 0 Å². The Bertz CT molecular complexity index is 985. The molecule has 5 nitrogen and oxygen atoms in total. The Morgan fingerprint density at radius 3 is 2.74 bits per heavy atom. The van der Waals surface area contributed by atoms with E-state index in [1.807, 2.05) is 24.2 Å². The standard InChI is InChI=1S/C22H23N3O2/c1-13(2)9-18-22-17(20(15-7-8-15)25(3)24-18)11-19(27-22)21(26)16-6-4-5-14(10-16)12-23/h4-6,10-11,13,21,26H,7-9H2,1-3H3. The number of furan rings is 1. The first-order chi connectivity index (χ1) is 13.0. The average molecular weight is 361 g/mol. The van der Waals surface area contributed by atoms with Crippen LogP contribution in [-0.2, 0) is 0 Å². The fraction of sp³-hybridized carbons (Fsp3) is 0.364. The second-order valence-corrected chi connectivity index (χ2v) is 7.65. The fourth-order valence-electron chi connectivity index (χ4n) is 3.57. The number of rotatable bonds is 4. The number of allylic oxidation sites excluding steroid dienone is 1. The van der Waals surface area contributed by atoms with Crippen molar-refractivity contribution < 1.29 is 9.52 Å². The molecule has 4 rings (SSSR count). The molecule has 0 radical (unpaired) electrons. The van der Waals surface area contributed by atoms with Gasteiger partial charge in [-0.2, -0.15) is 10.4 Å². The van der Waals surface area contributed by atoms with Crippen LogP contribution in [0.25, 0.3) is 5.70 Å². The maximum atomic E-state index is 10.9. The van der Waals surface area contributed by atoms with Crippen molar-refractivity contribution in [3.8, 4) is 6.07 Å². The van der Waals surface area contributed by atoms with E-state index in [0.717, 1.165) is 42.0 Å². The molecule has 1 aliphatic heterocycles. The predicted molar refractivity (Wildman–Crippen MR) is 104 cm³/mol. The Kier molecular flexibility index (Phi) is 4.37. The summed E-state index contributed by atoms with van der Waals surface area (Å²) in [4.78, 5) is 0. The zero-order valence-electron chi connectivity index (χ0n) is 15.9. The summed E-state index contributed by atoms with van der Waals surface area (Å²) in [5, 5.41) is 26.7. The van der Waals surface area contributed by atoms with Gasteiger partial charge in [0.25, 0.3) is 0 Å². The minimum Gasteiger partial charge on any atom is -0.456 e. The van der Waals surface area contributed by atoms with Crippen molar-refractivity contribution in [1.29, 1.82) is 5.26 Å². The van der Waals surface area contributed by atoms with E-state index in [1.165, 1.54) is 5.57 Å². The third kappa shape index (κ3) is 3.29. The SMILES string of the molecule is CC(C)CC1=NN(C)C(=C2CC2)c2cc(C(O)c3cccc(C#N)c3)oc21. The van der Waals surface area contributed by atoms with Crippen LogP contribution >= 0.6 is 0 Å². The van der Waals surface area contributed by atoms with Gasteiger partial charge in [-0.3, -0.25) is 5.01 Å². The van der Waals surface area contributed by atoms with Gasteiger partial charge < -0.3 is 9.52 Å². The number of hydrazone groups is 1. The largest absolute Gasteiger partial charge is 0.456 e. The van der Waals surface area contributed by atoms with Crippen LogP contribution in [-0.4, -0.2) is 22.9 Å². The molecule has 5 heteroatoms. The van der Waals surface area contributed by atoms with Crippen molar-refractivity contribution in [1.82, 2.24) is 5.01 Å². The Hall–Kier alpha value is -2.84. The first kappa shape index (κ1) is 17.6. The molecule has 0 bridgehead atoms. The Morgan fingerprint density at radius 2 is 2.07 bits per heavy atom. The summed E-state index contributed by atoms with van der Waals surface area (Å²) in [7, 11) is 1.98. The summed E-state index contributed by atoms with van der Waals surface area (Å²) in [6.07, 6.45) is 2.07. The van der Waals surface area contributed by atoms with Gasteiger partial charge in [0.2, 0.25) is 0 Å². The van der Waals surface area contributed by atoms with Gasteiger partial charge in [-0.15, -0.1) is 0 Å². The maximum absolute atomic E-state index is 10.9. The summed E-state index contributed by atoms with van der Waals surface area (Å²) in [5.74, 6) is 1.70. The van der Waals surface area contributed by atoms with E-state index in [1.54, 1.807) is 18.2 Å². The molecule has 1 N–H and O–H groups in total. The van der Waals surface area contributed by atoms with Crippen LogP contribution in [0.2, 0.25) is 0 Å². The molecule has 138 valence electrons. The molecule has 1 unspecified atom stereocenters. The summed E-state index contributed by atoms with van der Waals surface area (Å²) < 4.78 is 6.14. The fourth-order valence-corrected chi connectivity index (χ4v) is 3.57. The van der Waals surface area contributed by atoms with Crippen LogP contribution in [0.4, 0.5) is 0 Å². The topological polar surface area (TPSA) is 72.8 Å². The highest BCUT2D eigenvalue weighted by atomic mass is 16.4. The number of benzene rings is 1. The number of nitriles is 1. The van der Waals surface area contributed by atoms with E-state index in [2.05, 4.69) is 19.9 Å². The van der Waals surface area contributed by atoms with Gasteiger partial charge in [-0.25, -0.2) is 0 Å². The van der Waals surface area contributed by atoms with Crippen LogP contribution in [0.1, 0.15) is 67.4 Å². The van der Waals surface area contributed by atoms with Crippen LogP contribution in [0.5, 0.6) is 0 Å². The van der Waals surface area contributed by atoms with E-state index in [4.69, 9.17) is 14.8 Å². The summed E-state index contributed by atoms with van der Waals surface area (Å²) in [6.45, 7) is 4.31. The van der Waals surface area contributed by atoms with E-state index >= 15 is 0 Å². The highest BCUT2D eigenvalue weighted by Gasteiger charge is 2.33. The number of hydrogen-bond acceptors (Lipinski definition) is 5. The summed E-state index contributed by atoms with van der Waals surface area (Å²) in [5.41, 5.74) is 5.57. The molecule has 0 spiro atoms. The van der Waals surface area contributed by atoms with Crippen molar-refractivity contribution in [3.05, 3.63) is 64.1 Å². The van der Waals surface area contributed by atoms with E-state index < -0.39 is 6.10 Å². The molecule has 0 saturated heterocycles. The molecule has 2 heterocycles. The lowest BCUT2D eigenvalue weighted by Gasteiger charge is -2.24.